The van der Waals surface area contributed by atoms with Gasteiger partial charge >= 0.3 is 0 Å². The molecule has 2 N–H and O–H groups in total. The Labute approximate surface area is 171 Å². The van der Waals surface area contributed by atoms with Crippen LogP contribution < -0.4 is 10.6 Å². The average molecular weight is 412 g/mol. The Balaban J connectivity index is 2.03. The fourth-order valence-corrected chi connectivity index (χ4v) is 4.26. The molecule has 0 radical (unpaired) electrons. The Kier molecular flexibility index (Phi) is 4.85. The number of carbonyl (C=O) groups is 1. The van der Waals surface area contributed by atoms with Crippen LogP contribution in [0, 0.1) is 23.0 Å². The lowest BCUT2D eigenvalue weighted by Crippen LogP contribution is -2.39. The molecule has 0 amide bonds. The molecule has 2 aliphatic rings. The van der Waals surface area contributed by atoms with Gasteiger partial charge in [0.15, 0.2) is 5.78 Å². The number of hydrogen-bond acceptors (Lipinski definition) is 4. The number of halogens is 3. The number of benzene rings is 2. The fourth-order valence-electron chi connectivity index (χ4n) is 4.06. The maximum Gasteiger partial charge on any atom is 0.161 e. The van der Waals surface area contributed by atoms with Gasteiger partial charge in [-0.3, -0.25) is 9.69 Å². The van der Waals surface area contributed by atoms with Gasteiger partial charge in [-0.05, 0) is 42.7 Å². The van der Waals surface area contributed by atoms with E-state index in [1.165, 1.54) is 11.0 Å². The Morgan fingerprint density at radius 3 is 2.48 bits per heavy atom. The van der Waals surface area contributed by atoms with Gasteiger partial charge in [0.05, 0.1) is 17.6 Å². The van der Waals surface area contributed by atoms with Crippen LogP contribution in [0.3, 0.4) is 0 Å². The van der Waals surface area contributed by atoms with Crippen LogP contribution in [0.4, 0.5) is 14.5 Å². The summed E-state index contributed by atoms with van der Waals surface area (Å²) in [7, 11) is 0. The first-order valence-electron chi connectivity index (χ1n) is 9.09. The van der Waals surface area contributed by atoms with Crippen molar-refractivity contribution in [3.63, 3.8) is 0 Å². The van der Waals surface area contributed by atoms with E-state index in [0.717, 1.165) is 12.1 Å². The second-order valence-electron chi connectivity index (χ2n) is 6.94. The van der Waals surface area contributed by atoms with Gasteiger partial charge in [0.2, 0.25) is 0 Å². The zero-order chi connectivity index (χ0) is 20.7. The molecule has 1 aliphatic carbocycles. The summed E-state index contributed by atoms with van der Waals surface area (Å²) in [5, 5.41) is 10.3. The number of Topliss-reactive ketones (excluding diaryl/α,β-unsaturated/α-hetero) is 1. The molecule has 29 heavy (non-hydrogen) atoms. The van der Waals surface area contributed by atoms with Gasteiger partial charge in [0.1, 0.15) is 23.1 Å². The van der Waals surface area contributed by atoms with Crippen LogP contribution >= 0.6 is 11.6 Å². The Morgan fingerprint density at radius 1 is 1.14 bits per heavy atom. The number of para-hydroxylation sites is 1. The van der Waals surface area contributed by atoms with Crippen molar-refractivity contribution in [1.29, 1.82) is 5.26 Å². The second kappa shape index (κ2) is 7.34. The molecular weight excluding hydrogens is 396 g/mol. The third kappa shape index (κ3) is 3.08. The first-order valence-corrected chi connectivity index (χ1v) is 9.47. The van der Waals surface area contributed by atoms with E-state index in [0.29, 0.717) is 41.1 Å². The van der Waals surface area contributed by atoms with Crippen LogP contribution in [-0.2, 0) is 4.79 Å². The molecule has 0 unspecified atom stereocenters. The lowest BCUT2D eigenvalue weighted by atomic mass is 9.75. The molecule has 0 aromatic heterocycles. The molecular formula is C22H16ClF2N3O. The summed E-state index contributed by atoms with van der Waals surface area (Å²) in [6, 6.07) is 12.4. The molecule has 2 aromatic rings. The number of anilines is 1. The topological polar surface area (TPSA) is 70.1 Å². The molecule has 0 saturated heterocycles. The van der Waals surface area contributed by atoms with Crippen LogP contribution in [0.15, 0.2) is 65.1 Å². The van der Waals surface area contributed by atoms with Gasteiger partial charge in [-0.2, -0.15) is 5.26 Å². The van der Waals surface area contributed by atoms with Gasteiger partial charge < -0.3 is 5.73 Å². The summed E-state index contributed by atoms with van der Waals surface area (Å²) in [4.78, 5) is 14.1. The van der Waals surface area contributed by atoms with Crippen molar-refractivity contribution < 1.29 is 13.6 Å². The highest BCUT2D eigenvalue weighted by Crippen LogP contribution is 2.47. The molecule has 7 heteroatoms. The maximum atomic E-state index is 14.6. The lowest BCUT2D eigenvalue weighted by molar-refractivity contribution is -0.116. The summed E-state index contributed by atoms with van der Waals surface area (Å²) < 4.78 is 29.2. The quantitative estimate of drug-likeness (QED) is 0.761. The zero-order valence-electron chi connectivity index (χ0n) is 15.3. The Hall–Kier alpha value is -3.17. The molecule has 0 saturated carbocycles. The number of allylic oxidation sites excluding steroid dienone is 3. The van der Waals surface area contributed by atoms with Crippen molar-refractivity contribution >= 4 is 23.1 Å². The van der Waals surface area contributed by atoms with E-state index < -0.39 is 17.6 Å². The number of ketones is 1. The van der Waals surface area contributed by atoms with E-state index >= 15 is 0 Å². The Bertz CT molecular complexity index is 1110. The largest absolute Gasteiger partial charge is 0.384 e. The van der Waals surface area contributed by atoms with Gasteiger partial charge in [-0.15, -0.1) is 0 Å². The molecule has 0 bridgehead atoms. The van der Waals surface area contributed by atoms with Crippen molar-refractivity contribution in [2.24, 2.45) is 5.73 Å². The average Bonchev–Trinajstić information content (AvgIpc) is 2.69. The summed E-state index contributed by atoms with van der Waals surface area (Å²) in [6.07, 6.45) is 1.23. The molecule has 0 spiro atoms. The maximum absolute atomic E-state index is 14.6. The van der Waals surface area contributed by atoms with E-state index in [1.54, 1.807) is 24.3 Å². The van der Waals surface area contributed by atoms with Crippen molar-refractivity contribution in [3.8, 4) is 6.07 Å². The predicted octanol–water partition coefficient (Wildman–Crippen LogP) is 4.92. The summed E-state index contributed by atoms with van der Waals surface area (Å²) in [5.74, 6) is -2.63. The minimum Gasteiger partial charge on any atom is -0.384 e. The third-order valence-electron chi connectivity index (χ3n) is 5.26. The number of nitrogens with zero attached hydrogens (tertiary/aromatic N) is 2. The number of carbonyl (C=O) groups excluding carboxylic acids is 1. The molecule has 0 fully saturated rings. The van der Waals surface area contributed by atoms with Crippen LogP contribution in [0.25, 0.3) is 0 Å². The summed E-state index contributed by atoms with van der Waals surface area (Å²) in [6.45, 7) is 0. The van der Waals surface area contributed by atoms with Crippen LogP contribution in [0.5, 0.6) is 0 Å². The van der Waals surface area contributed by atoms with Gasteiger partial charge in [-0.1, -0.05) is 29.8 Å². The lowest BCUT2D eigenvalue weighted by Gasteiger charge is -2.39. The van der Waals surface area contributed by atoms with Crippen LogP contribution in [-0.4, -0.2) is 5.78 Å². The highest BCUT2D eigenvalue weighted by Gasteiger charge is 2.41. The first kappa shape index (κ1) is 19.2. The number of nitriles is 1. The summed E-state index contributed by atoms with van der Waals surface area (Å²) >= 11 is 6.13. The molecule has 2 aromatic carbocycles. The SMILES string of the molecule is N#CC1=C(N)N(c2c(F)cccc2F)C2=C(C(=O)CCC2)[C@H]1c1cccc(Cl)c1. The first-order chi connectivity index (χ1) is 13.9. The molecule has 146 valence electrons. The molecule has 4 rings (SSSR count). The van der Waals surface area contributed by atoms with Crippen molar-refractivity contribution in [2.45, 2.75) is 25.2 Å². The summed E-state index contributed by atoms with van der Waals surface area (Å²) in [5.41, 5.74) is 7.36. The van der Waals surface area contributed by atoms with Gasteiger partial charge in [0.25, 0.3) is 0 Å². The van der Waals surface area contributed by atoms with Crippen LogP contribution in [0.2, 0.25) is 5.02 Å². The standard InChI is InChI=1S/C22H16ClF2N3O/c23-13-5-1-4-12(10-13)19-14(11-26)22(27)28(17-8-3-9-18(29)20(17)19)21-15(24)6-2-7-16(21)25/h1-2,4-7,10,19H,3,8-9,27H2/t19-/m0/s1. The number of hydrogen-bond donors (Lipinski definition) is 1. The van der Waals surface area contributed by atoms with Crippen molar-refractivity contribution in [1.82, 2.24) is 0 Å². The smallest absolute Gasteiger partial charge is 0.161 e. The number of rotatable bonds is 2. The third-order valence-corrected chi connectivity index (χ3v) is 5.49. The molecule has 4 nitrogen and oxygen atoms in total. The highest BCUT2D eigenvalue weighted by molar-refractivity contribution is 6.30. The van der Waals surface area contributed by atoms with Crippen LogP contribution in [0.1, 0.15) is 30.7 Å². The molecule has 1 heterocycles. The number of nitrogens with two attached hydrogens (primary N) is 1. The molecule has 1 atom stereocenters. The minimum absolute atomic E-state index is 0.0592. The van der Waals surface area contributed by atoms with Crippen molar-refractivity contribution in [3.05, 3.63) is 87.3 Å². The van der Waals surface area contributed by atoms with E-state index in [-0.39, 0.29) is 22.9 Å². The van der Waals surface area contributed by atoms with E-state index in [2.05, 4.69) is 6.07 Å². The normalized spacial score (nSPS) is 19.3. The Morgan fingerprint density at radius 2 is 1.83 bits per heavy atom. The second-order valence-corrected chi connectivity index (χ2v) is 7.38. The van der Waals surface area contributed by atoms with Gasteiger partial charge in [-0.25, -0.2) is 8.78 Å². The highest BCUT2D eigenvalue weighted by atomic mass is 35.5. The van der Waals surface area contributed by atoms with E-state index in [1.807, 2.05) is 0 Å². The van der Waals surface area contributed by atoms with Crippen molar-refractivity contribution in [2.75, 3.05) is 4.90 Å². The minimum atomic E-state index is -0.823. The molecule has 1 aliphatic heterocycles. The van der Waals surface area contributed by atoms with E-state index in [4.69, 9.17) is 17.3 Å². The fraction of sp³-hybridized carbons (Fsp3) is 0.182. The van der Waals surface area contributed by atoms with Gasteiger partial charge in [0, 0.05) is 22.7 Å². The predicted molar refractivity (Wildman–Crippen MR) is 106 cm³/mol. The monoisotopic (exact) mass is 411 g/mol. The van der Waals surface area contributed by atoms with E-state index in [9.17, 15) is 18.8 Å². The zero-order valence-corrected chi connectivity index (χ0v) is 16.0.